The van der Waals surface area contributed by atoms with Crippen molar-refractivity contribution in [1.29, 1.82) is 0 Å². The summed E-state index contributed by atoms with van der Waals surface area (Å²) in [5.41, 5.74) is 2.67. The molecule has 0 bridgehead atoms. The molecule has 28 heavy (non-hydrogen) atoms. The van der Waals surface area contributed by atoms with Gasteiger partial charge >= 0.3 is 0 Å². The molecule has 5 nitrogen and oxygen atoms in total. The van der Waals surface area contributed by atoms with Crippen molar-refractivity contribution in [2.75, 3.05) is 5.32 Å². The van der Waals surface area contributed by atoms with Crippen LogP contribution in [0.2, 0.25) is 0 Å². The Kier molecular flexibility index (Phi) is 6.66. The average molecular weight is 397 g/mol. The van der Waals surface area contributed by atoms with Crippen LogP contribution in [-0.4, -0.2) is 17.0 Å². The molecule has 0 spiro atoms. The molecule has 0 fully saturated rings. The van der Waals surface area contributed by atoms with E-state index < -0.39 is 0 Å². The summed E-state index contributed by atoms with van der Waals surface area (Å²) in [4.78, 5) is 16.7. The van der Waals surface area contributed by atoms with Crippen LogP contribution in [0.25, 0.3) is 0 Å². The topological polar surface area (TPSA) is 60.5 Å². The predicted octanol–water partition coefficient (Wildman–Crippen LogP) is 5.00. The second-order valence-electron chi connectivity index (χ2n) is 6.75. The number of benzene rings is 2. The van der Waals surface area contributed by atoms with Gasteiger partial charge in [-0.15, -0.1) is 11.3 Å². The van der Waals surface area contributed by atoms with Gasteiger partial charge in [-0.25, -0.2) is 4.98 Å². The third-order valence-corrected chi connectivity index (χ3v) is 4.71. The van der Waals surface area contributed by atoms with Crippen molar-refractivity contribution < 1.29 is 14.3 Å². The van der Waals surface area contributed by atoms with Crippen molar-refractivity contribution in [2.45, 2.75) is 39.9 Å². The molecule has 146 valence electrons. The van der Waals surface area contributed by atoms with E-state index in [0.717, 1.165) is 27.9 Å². The molecule has 0 aliphatic rings. The Morgan fingerprint density at radius 1 is 1.07 bits per heavy atom. The highest BCUT2D eigenvalue weighted by Gasteiger charge is 2.09. The highest BCUT2D eigenvalue weighted by atomic mass is 32.1. The fourth-order valence-electron chi connectivity index (χ4n) is 2.53. The molecule has 0 unspecified atom stereocenters. The Labute approximate surface area is 169 Å². The Morgan fingerprint density at radius 2 is 1.75 bits per heavy atom. The fraction of sp³-hybridized carbons (Fsp3) is 0.273. The predicted molar refractivity (Wildman–Crippen MR) is 112 cm³/mol. The van der Waals surface area contributed by atoms with Crippen molar-refractivity contribution in [3.05, 3.63) is 70.2 Å². The maximum Gasteiger partial charge on any atom is 0.230 e. The average Bonchev–Trinajstić information content (AvgIpc) is 3.09. The SMILES string of the molecule is Cc1ccc(OCc2nc(CC(=O)Nc3ccc(OC(C)C)cc3)cs2)cc1. The zero-order valence-electron chi connectivity index (χ0n) is 16.3. The molecule has 1 amide bonds. The van der Waals surface area contributed by atoms with E-state index >= 15 is 0 Å². The number of thiazole rings is 1. The first kappa shape index (κ1) is 19.9. The zero-order valence-corrected chi connectivity index (χ0v) is 17.1. The van der Waals surface area contributed by atoms with Crippen molar-refractivity contribution in [2.24, 2.45) is 0 Å². The Balaban J connectivity index is 1.48. The molecule has 1 heterocycles. The van der Waals surface area contributed by atoms with E-state index in [1.807, 2.05) is 74.7 Å². The molecule has 0 atom stereocenters. The minimum absolute atomic E-state index is 0.103. The number of carbonyl (C=O) groups is 1. The first-order valence-corrected chi connectivity index (χ1v) is 10.1. The lowest BCUT2D eigenvalue weighted by Crippen LogP contribution is -2.14. The summed E-state index contributed by atoms with van der Waals surface area (Å²) in [6.45, 7) is 6.38. The van der Waals surface area contributed by atoms with Crippen molar-refractivity contribution in [3.8, 4) is 11.5 Å². The second-order valence-corrected chi connectivity index (χ2v) is 7.69. The molecule has 3 aromatic rings. The van der Waals surface area contributed by atoms with E-state index in [0.29, 0.717) is 6.61 Å². The number of aromatic nitrogens is 1. The number of rotatable bonds is 8. The number of carbonyl (C=O) groups excluding carboxylic acids is 1. The van der Waals surface area contributed by atoms with E-state index in [1.165, 1.54) is 16.9 Å². The summed E-state index contributed by atoms with van der Waals surface area (Å²) in [6, 6.07) is 15.2. The lowest BCUT2D eigenvalue weighted by atomic mass is 10.2. The van der Waals surface area contributed by atoms with Gasteiger partial charge in [0.2, 0.25) is 5.91 Å². The van der Waals surface area contributed by atoms with Crippen LogP contribution in [0.4, 0.5) is 5.69 Å². The lowest BCUT2D eigenvalue weighted by Gasteiger charge is -2.10. The van der Waals surface area contributed by atoms with Gasteiger partial charge in [0, 0.05) is 11.1 Å². The molecule has 0 saturated heterocycles. The first-order valence-electron chi connectivity index (χ1n) is 9.17. The van der Waals surface area contributed by atoms with Crippen molar-refractivity contribution in [1.82, 2.24) is 4.98 Å². The van der Waals surface area contributed by atoms with Crippen LogP contribution in [0.3, 0.4) is 0 Å². The standard InChI is InChI=1S/C22H24N2O3S/c1-15(2)27-20-10-6-17(7-11-20)23-21(25)12-18-14-28-22(24-18)13-26-19-8-4-16(3)5-9-19/h4-11,14-15H,12-13H2,1-3H3,(H,23,25). The Morgan fingerprint density at radius 3 is 2.43 bits per heavy atom. The molecule has 1 aromatic heterocycles. The van der Waals surface area contributed by atoms with Gasteiger partial charge in [-0.3, -0.25) is 4.79 Å². The number of hydrogen-bond donors (Lipinski definition) is 1. The van der Waals surface area contributed by atoms with Gasteiger partial charge in [0.25, 0.3) is 0 Å². The van der Waals surface area contributed by atoms with E-state index in [4.69, 9.17) is 9.47 Å². The van der Waals surface area contributed by atoms with Gasteiger partial charge in [-0.05, 0) is 57.2 Å². The molecule has 0 saturated carbocycles. The molecule has 0 aliphatic carbocycles. The molecular weight excluding hydrogens is 372 g/mol. The van der Waals surface area contributed by atoms with E-state index in [1.54, 1.807) is 0 Å². The third kappa shape index (κ3) is 6.09. The summed E-state index contributed by atoms with van der Waals surface area (Å²) in [5, 5.41) is 5.62. The van der Waals surface area contributed by atoms with Crippen LogP contribution in [0, 0.1) is 6.92 Å². The van der Waals surface area contributed by atoms with E-state index in [9.17, 15) is 4.79 Å². The highest BCUT2D eigenvalue weighted by Crippen LogP contribution is 2.18. The molecule has 3 rings (SSSR count). The highest BCUT2D eigenvalue weighted by molar-refractivity contribution is 7.09. The van der Waals surface area contributed by atoms with Gasteiger partial charge in [-0.1, -0.05) is 17.7 Å². The Bertz CT molecular complexity index is 902. The van der Waals surface area contributed by atoms with Crippen LogP contribution >= 0.6 is 11.3 Å². The Hall–Kier alpha value is -2.86. The molecule has 0 radical (unpaired) electrons. The zero-order chi connectivity index (χ0) is 19.9. The summed E-state index contributed by atoms with van der Waals surface area (Å²) >= 11 is 1.50. The minimum Gasteiger partial charge on any atom is -0.491 e. The van der Waals surface area contributed by atoms with Crippen LogP contribution in [0.5, 0.6) is 11.5 Å². The quantitative estimate of drug-likeness (QED) is 0.582. The summed E-state index contributed by atoms with van der Waals surface area (Å²) < 4.78 is 11.3. The van der Waals surface area contributed by atoms with Gasteiger partial charge < -0.3 is 14.8 Å². The summed E-state index contributed by atoms with van der Waals surface area (Å²) in [5.74, 6) is 1.49. The molecule has 1 N–H and O–H groups in total. The number of aryl methyl sites for hydroxylation is 1. The number of nitrogens with one attached hydrogen (secondary N) is 1. The first-order chi connectivity index (χ1) is 13.5. The summed E-state index contributed by atoms with van der Waals surface area (Å²) in [7, 11) is 0. The number of amides is 1. The molecule has 0 aliphatic heterocycles. The van der Waals surface area contributed by atoms with Gasteiger partial charge in [0.1, 0.15) is 23.1 Å². The monoisotopic (exact) mass is 396 g/mol. The number of nitrogens with zero attached hydrogens (tertiary/aromatic N) is 1. The van der Waals surface area contributed by atoms with Crippen molar-refractivity contribution in [3.63, 3.8) is 0 Å². The minimum atomic E-state index is -0.103. The number of anilines is 1. The third-order valence-electron chi connectivity index (χ3n) is 3.83. The van der Waals surface area contributed by atoms with Gasteiger partial charge in [0.15, 0.2) is 0 Å². The van der Waals surface area contributed by atoms with Crippen LogP contribution in [0.15, 0.2) is 53.9 Å². The van der Waals surface area contributed by atoms with Gasteiger partial charge in [0.05, 0.1) is 18.2 Å². The van der Waals surface area contributed by atoms with Crippen molar-refractivity contribution >= 4 is 22.9 Å². The maximum absolute atomic E-state index is 12.3. The molecule has 6 heteroatoms. The van der Waals surface area contributed by atoms with Crippen LogP contribution in [0.1, 0.15) is 30.1 Å². The second kappa shape index (κ2) is 9.37. The number of hydrogen-bond acceptors (Lipinski definition) is 5. The number of ether oxygens (including phenoxy) is 2. The largest absolute Gasteiger partial charge is 0.491 e. The fourth-order valence-corrected chi connectivity index (χ4v) is 3.24. The molecular formula is C22H24N2O3S. The summed E-state index contributed by atoms with van der Waals surface area (Å²) in [6.07, 6.45) is 0.347. The van der Waals surface area contributed by atoms with Crippen LogP contribution < -0.4 is 14.8 Å². The lowest BCUT2D eigenvalue weighted by molar-refractivity contribution is -0.115. The van der Waals surface area contributed by atoms with E-state index in [-0.39, 0.29) is 18.4 Å². The van der Waals surface area contributed by atoms with Crippen LogP contribution in [-0.2, 0) is 17.8 Å². The smallest absolute Gasteiger partial charge is 0.230 e. The van der Waals surface area contributed by atoms with Gasteiger partial charge in [-0.2, -0.15) is 0 Å². The normalized spacial score (nSPS) is 10.7. The maximum atomic E-state index is 12.3. The van der Waals surface area contributed by atoms with E-state index in [2.05, 4.69) is 10.3 Å². The molecule has 2 aromatic carbocycles.